The van der Waals surface area contributed by atoms with Crippen LogP contribution in [0, 0.1) is 0 Å². The minimum Gasteiger partial charge on any atom is -0.344 e. The lowest BCUT2D eigenvalue weighted by molar-refractivity contribution is -0.129. The average Bonchev–Trinajstić information content (AvgIpc) is 3.02. The highest BCUT2D eigenvalue weighted by atomic mass is 32.2. The molecule has 2 heterocycles. The molecule has 130 valence electrons. The molecule has 1 aromatic rings. The fourth-order valence-electron chi connectivity index (χ4n) is 2.51. The molecule has 0 radical (unpaired) electrons. The lowest BCUT2D eigenvalue weighted by Gasteiger charge is -2.25. The van der Waals surface area contributed by atoms with Gasteiger partial charge in [0.05, 0.1) is 6.42 Å². The summed E-state index contributed by atoms with van der Waals surface area (Å²) < 4.78 is 27.1. The maximum absolute atomic E-state index is 12.6. The molecule has 1 aromatic heterocycles. The van der Waals surface area contributed by atoms with Crippen molar-refractivity contribution in [2.75, 3.05) is 40.3 Å². The summed E-state index contributed by atoms with van der Waals surface area (Å²) in [6.07, 6.45) is 3.19. The Kier molecular flexibility index (Phi) is 6.58. The SMILES string of the molecule is CNCCN(C)C(=O)Cc1ccc(S(=O)(=O)N2CCCCC2)s1. The zero-order valence-electron chi connectivity index (χ0n) is 13.7. The predicted molar refractivity (Wildman–Crippen MR) is 92.2 cm³/mol. The number of amides is 1. The van der Waals surface area contributed by atoms with Gasteiger partial charge in [0.2, 0.25) is 5.91 Å². The Labute approximate surface area is 142 Å². The maximum atomic E-state index is 12.6. The van der Waals surface area contributed by atoms with Gasteiger partial charge < -0.3 is 10.2 Å². The minimum atomic E-state index is -3.39. The maximum Gasteiger partial charge on any atom is 0.252 e. The summed E-state index contributed by atoms with van der Waals surface area (Å²) in [7, 11) is 0.211. The van der Waals surface area contributed by atoms with E-state index in [1.807, 2.05) is 7.05 Å². The summed E-state index contributed by atoms with van der Waals surface area (Å²) in [5.74, 6) is 0.00372. The van der Waals surface area contributed by atoms with Gasteiger partial charge in [-0.25, -0.2) is 8.42 Å². The monoisotopic (exact) mass is 359 g/mol. The summed E-state index contributed by atoms with van der Waals surface area (Å²) in [5, 5.41) is 3.00. The van der Waals surface area contributed by atoms with E-state index in [0.29, 0.717) is 23.8 Å². The molecule has 0 saturated carbocycles. The van der Waals surface area contributed by atoms with Crippen molar-refractivity contribution in [2.24, 2.45) is 0 Å². The Morgan fingerprint density at radius 1 is 1.30 bits per heavy atom. The smallest absolute Gasteiger partial charge is 0.252 e. The van der Waals surface area contributed by atoms with Crippen molar-refractivity contribution >= 4 is 27.3 Å². The number of likely N-dealkylation sites (N-methyl/N-ethyl adjacent to an activating group) is 2. The Morgan fingerprint density at radius 2 is 2.00 bits per heavy atom. The first kappa shape index (κ1) is 18.4. The van der Waals surface area contributed by atoms with Crippen LogP contribution in [0.3, 0.4) is 0 Å². The summed E-state index contributed by atoms with van der Waals surface area (Å²) in [6.45, 7) is 2.57. The molecule has 0 atom stereocenters. The quantitative estimate of drug-likeness (QED) is 0.793. The molecule has 1 aliphatic heterocycles. The van der Waals surface area contributed by atoms with Crippen LogP contribution in [0.25, 0.3) is 0 Å². The second-order valence-corrected chi connectivity index (χ2v) is 9.11. The molecular weight excluding hydrogens is 334 g/mol. The van der Waals surface area contributed by atoms with Crippen LogP contribution in [0.4, 0.5) is 0 Å². The first-order valence-electron chi connectivity index (χ1n) is 7.92. The van der Waals surface area contributed by atoms with Crippen LogP contribution in [0.2, 0.25) is 0 Å². The molecule has 2 rings (SSSR count). The van der Waals surface area contributed by atoms with Gasteiger partial charge in [-0.15, -0.1) is 11.3 Å². The molecule has 0 bridgehead atoms. The van der Waals surface area contributed by atoms with Gasteiger partial charge in [0.15, 0.2) is 0 Å². The topological polar surface area (TPSA) is 69.7 Å². The standard InChI is InChI=1S/C15H25N3O3S2/c1-16-8-11-17(2)14(19)12-13-6-7-15(22-13)23(20,21)18-9-4-3-5-10-18/h6-7,16H,3-5,8-12H2,1-2H3. The van der Waals surface area contributed by atoms with E-state index < -0.39 is 10.0 Å². The Bertz CT molecular complexity index is 622. The number of carbonyl (C=O) groups is 1. The molecular formula is C15H25N3O3S2. The van der Waals surface area contributed by atoms with E-state index in [0.717, 1.165) is 30.7 Å². The van der Waals surface area contributed by atoms with Crippen LogP contribution in [0.5, 0.6) is 0 Å². The lowest BCUT2D eigenvalue weighted by Crippen LogP contribution is -2.35. The van der Waals surface area contributed by atoms with Gasteiger partial charge in [0.25, 0.3) is 10.0 Å². The van der Waals surface area contributed by atoms with E-state index in [1.165, 1.54) is 11.3 Å². The number of thiophene rings is 1. The number of nitrogens with one attached hydrogen (secondary N) is 1. The molecule has 0 aliphatic carbocycles. The van der Waals surface area contributed by atoms with Gasteiger partial charge in [-0.2, -0.15) is 4.31 Å². The lowest BCUT2D eigenvalue weighted by atomic mass is 10.2. The van der Waals surface area contributed by atoms with Crippen LogP contribution < -0.4 is 5.32 Å². The van der Waals surface area contributed by atoms with Crippen LogP contribution in [-0.4, -0.2) is 63.8 Å². The van der Waals surface area contributed by atoms with E-state index in [-0.39, 0.29) is 12.3 Å². The third kappa shape index (κ3) is 4.76. The second kappa shape index (κ2) is 8.23. The Balaban J connectivity index is 2.01. The van der Waals surface area contributed by atoms with E-state index in [2.05, 4.69) is 5.32 Å². The molecule has 1 aliphatic rings. The molecule has 1 amide bonds. The van der Waals surface area contributed by atoms with Crippen molar-refractivity contribution in [1.82, 2.24) is 14.5 Å². The molecule has 8 heteroatoms. The van der Waals surface area contributed by atoms with Gasteiger partial charge in [-0.3, -0.25) is 4.79 Å². The first-order chi connectivity index (χ1) is 10.9. The van der Waals surface area contributed by atoms with E-state index in [9.17, 15) is 13.2 Å². The van der Waals surface area contributed by atoms with Crippen molar-refractivity contribution in [3.8, 4) is 0 Å². The highest BCUT2D eigenvalue weighted by molar-refractivity contribution is 7.91. The van der Waals surface area contributed by atoms with Gasteiger partial charge in [-0.1, -0.05) is 6.42 Å². The van der Waals surface area contributed by atoms with Crippen molar-refractivity contribution in [2.45, 2.75) is 29.9 Å². The normalized spacial score (nSPS) is 16.4. The summed E-state index contributed by atoms with van der Waals surface area (Å²) >= 11 is 1.21. The van der Waals surface area contributed by atoms with Gasteiger partial charge in [-0.05, 0) is 32.0 Å². The molecule has 6 nitrogen and oxygen atoms in total. The molecule has 1 fully saturated rings. The molecule has 1 N–H and O–H groups in total. The second-order valence-electron chi connectivity index (χ2n) is 5.78. The number of sulfonamides is 1. The van der Waals surface area contributed by atoms with Gasteiger partial charge in [0.1, 0.15) is 4.21 Å². The number of rotatable bonds is 7. The first-order valence-corrected chi connectivity index (χ1v) is 10.2. The van der Waals surface area contributed by atoms with Crippen molar-refractivity contribution in [1.29, 1.82) is 0 Å². The van der Waals surface area contributed by atoms with Crippen LogP contribution in [0.15, 0.2) is 16.3 Å². The van der Waals surface area contributed by atoms with Gasteiger partial charge in [0, 0.05) is 38.1 Å². The van der Waals surface area contributed by atoms with E-state index in [1.54, 1.807) is 28.4 Å². The molecule has 1 saturated heterocycles. The molecule has 0 unspecified atom stereocenters. The highest BCUT2D eigenvalue weighted by Crippen LogP contribution is 2.27. The average molecular weight is 360 g/mol. The van der Waals surface area contributed by atoms with Crippen LogP contribution in [0.1, 0.15) is 24.1 Å². The zero-order chi connectivity index (χ0) is 16.9. The summed E-state index contributed by atoms with van der Waals surface area (Å²) in [5.41, 5.74) is 0. The minimum absolute atomic E-state index is 0.00372. The Hall–Kier alpha value is -0.960. The Morgan fingerprint density at radius 3 is 2.65 bits per heavy atom. The molecule has 0 spiro atoms. The van der Waals surface area contributed by atoms with Crippen LogP contribution in [-0.2, 0) is 21.2 Å². The number of hydrogen-bond donors (Lipinski definition) is 1. The molecule has 23 heavy (non-hydrogen) atoms. The van der Waals surface area contributed by atoms with Crippen LogP contribution >= 0.6 is 11.3 Å². The third-order valence-corrected chi connectivity index (χ3v) is 7.45. The molecule has 0 aromatic carbocycles. The fraction of sp³-hybridized carbons (Fsp3) is 0.667. The van der Waals surface area contributed by atoms with Crippen molar-refractivity contribution in [3.63, 3.8) is 0 Å². The number of carbonyl (C=O) groups excluding carboxylic acids is 1. The number of nitrogens with zero attached hydrogens (tertiary/aromatic N) is 2. The van der Waals surface area contributed by atoms with Crippen molar-refractivity contribution in [3.05, 3.63) is 17.0 Å². The van der Waals surface area contributed by atoms with Gasteiger partial charge >= 0.3 is 0 Å². The van der Waals surface area contributed by atoms with E-state index >= 15 is 0 Å². The zero-order valence-corrected chi connectivity index (χ0v) is 15.4. The summed E-state index contributed by atoms with van der Waals surface area (Å²) in [6, 6.07) is 3.39. The van der Waals surface area contributed by atoms with Crippen molar-refractivity contribution < 1.29 is 13.2 Å². The number of hydrogen-bond acceptors (Lipinski definition) is 5. The number of piperidine rings is 1. The fourth-order valence-corrected chi connectivity index (χ4v) is 5.53. The summed E-state index contributed by atoms with van der Waals surface area (Å²) in [4.78, 5) is 14.6. The third-order valence-electron chi connectivity index (χ3n) is 3.99. The largest absolute Gasteiger partial charge is 0.344 e. The highest BCUT2D eigenvalue weighted by Gasteiger charge is 2.27. The van der Waals surface area contributed by atoms with E-state index in [4.69, 9.17) is 0 Å². The predicted octanol–water partition coefficient (Wildman–Crippen LogP) is 1.14.